The Kier molecular flexibility index (Phi) is 5.29. The van der Waals surface area contributed by atoms with Crippen molar-refractivity contribution in [1.82, 2.24) is 9.80 Å². The van der Waals surface area contributed by atoms with E-state index in [-0.39, 0.29) is 5.91 Å². The van der Waals surface area contributed by atoms with Crippen LogP contribution in [0.3, 0.4) is 0 Å². The molecule has 4 nitrogen and oxygen atoms in total. The van der Waals surface area contributed by atoms with Crippen molar-refractivity contribution >= 4 is 45.8 Å². The average molecular weight is 394 g/mol. The average Bonchev–Trinajstić information content (AvgIpc) is 2.38. The second-order valence-corrected chi connectivity index (χ2v) is 6.31. The van der Waals surface area contributed by atoms with Gasteiger partial charge >= 0.3 is 0 Å². The van der Waals surface area contributed by atoms with Gasteiger partial charge in [-0.2, -0.15) is 0 Å². The van der Waals surface area contributed by atoms with Crippen LogP contribution < -0.4 is 5.32 Å². The molecule has 1 aliphatic heterocycles. The lowest BCUT2D eigenvalue weighted by Gasteiger charge is -2.32. The molecule has 0 atom stereocenters. The second-order valence-electron chi connectivity index (χ2n) is 4.66. The number of carbonyl (C=O) groups is 1. The van der Waals surface area contributed by atoms with Crippen molar-refractivity contribution in [2.75, 3.05) is 45.1 Å². The number of rotatable bonds is 3. The van der Waals surface area contributed by atoms with E-state index in [4.69, 9.17) is 11.6 Å². The van der Waals surface area contributed by atoms with Crippen LogP contribution in [-0.4, -0.2) is 55.5 Å². The van der Waals surface area contributed by atoms with Crippen molar-refractivity contribution in [3.05, 3.63) is 26.8 Å². The molecule has 0 spiro atoms. The lowest BCUT2D eigenvalue weighted by atomic mass is 10.3. The van der Waals surface area contributed by atoms with Gasteiger partial charge < -0.3 is 15.1 Å². The Balaban J connectivity index is 1.86. The zero-order valence-corrected chi connectivity index (χ0v) is 13.7. The summed E-state index contributed by atoms with van der Waals surface area (Å²) in [6.07, 6.45) is 0. The summed E-state index contributed by atoms with van der Waals surface area (Å²) >= 11 is 8.33. The number of amides is 1. The number of nitrogens with zero attached hydrogens (tertiary/aromatic N) is 2. The fraction of sp³-hybridized carbons (Fsp3) is 0.462. The molecule has 1 aromatic carbocycles. The van der Waals surface area contributed by atoms with Gasteiger partial charge in [0.1, 0.15) is 0 Å². The third kappa shape index (κ3) is 4.22. The number of hydrogen-bond donors (Lipinski definition) is 1. The van der Waals surface area contributed by atoms with Gasteiger partial charge in [0, 0.05) is 29.7 Å². The maximum atomic E-state index is 12.1. The number of hydrogen-bond acceptors (Lipinski definition) is 3. The van der Waals surface area contributed by atoms with E-state index in [1.54, 1.807) is 0 Å². The molecule has 0 aliphatic carbocycles. The van der Waals surface area contributed by atoms with Crippen LogP contribution in [-0.2, 0) is 4.79 Å². The fourth-order valence-electron chi connectivity index (χ4n) is 1.97. The minimum Gasteiger partial charge on any atom is -0.375 e. The van der Waals surface area contributed by atoms with E-state index in [9.17, 15) is 4.79 Å². The Bertz CT molecular complexity index is 461. The van der Waals surface area contributed by atoms with Gasteiger partial charge in [-0.1, -0.05) is 11.6 Å². The predicted octanol–water partition coefficient (Wildman–Crippen LogP) is 2.13. The molecule has 19 heavy (non-hydrogen) atoms. The van der Waals surface area contributed by atoms with Crippen LogP contribution in [0, 0.1) is 3.57 Å². The summed E-state index contributed by atoms with van der Waals surface area (Å²) in [7, 11) is 2.07. The molecule has 2 rings (SSSR count). The minimum atomic E-state index is 0.128. The molecule has 1 saturated heterocycles. The van der Waals surface area contributed by atoms with Gasteiger partial charge in [-0.25, -0.2) is 0 Å². The number of nitrogens with one attached hydrogen (secondary N) is 1. The van der Waals surface area contributed by atoms with Crippen molar-refractivity contribution in [2.24, 2.45) is 0 Å². The maximum absolute atomic E-state index is 12.1. The Morgan fingerprint density at radius 3 is 2.68 bits per heavy atom. The zero-order valence-electron chi connectivity index (χ0n) is 10.8. The molecule has 0 radical (unpaired) electrons. The normalized spacial score (nSPS) is 16.5. The summed E-state index contributed by atoms with van der Waals surface area (Å²) in [5, 5.41) is 3.76. The molecule has 1 amide bonds. The van der Waals surface area contributed by atoms with E-state index in [0.717, 1.165) is 35.4 Å². The smallest absolute Gasteiger partial charge is 0.241 e. The first kappa shape index (κ1) is 14.9. The molecular weight excluding hydrogens is 377 g/mol. The molecule has 0 saturated carbocycles. The van der Waals surface area contributed by atoms with Crippen molar-refractivity contribution in [1.29, 1.82) is 0 Å². The maximum Gasteiger partial charge on any atom is 0.241 e. The Morgan fingerprint density at radius 1 is 1.37 bits per heavy atom. The zero-order chi connectivity index (χ0) is 13.8. The summed E-state index contributed by atoms with van der Waals surface area (Å²) in [4.78, 5) is 16.2. The van der Waals surface area contributed by atoms with Gasteiger partial charge in [-0.3, -0.25) is 4.79 Å². The second kappa shape index (κ2) is 6.76. The molecule has 1 aliphatic rings. The van der Waals surface area contributed by atoms with Crippen molar-refractivity contribution in [3.63, 3.8) is 0 Å². The van der Waals surface area contributed by atoms with Gasteiger partial charge in [-0.05, 0) is 47.8 Å². The lowest BCUT2D eigenvalue weighted by molar-refractivity contribution is -0.130. The van der Waals surface area contributed by atoms with E-state index >= 15 is 0 Å². The molecule has 1 aromatic rings. The van der Waals surface area contributed by atoms with Crippen molar-refractivity contribution in [2.45, 2.75) is 0 Å². The summed E-state index contributed by atoms with van der Waals surface area (Å²) in [6, 6.07) is 5.75. The van der Waals surface area contributed by atoms with Crippen LogP contribution in [0.4, 0.5) is 5.69 Å². The van der Waals surface area contributed by atoms with E-state index in [0.29, 0.717) is 11.6 Å². The van der Waals surface area contributed by atoms with Crippen molar-refractivity contribution < 1.29 is 4.79 Å². The lowest BCUT2D eigenvalue weighted by Crippen LogP contribution is -2.48. The van der Waals surface area contributed by atoms with E-state index in [1.807, 2.05) is 23.1 Å². The number of benzene rings is 1. The van der Waals surface area contributed by atoms with E-state index in [2.05, 4.69) is 39.9 Å². The highest BCUT2D eigenvalue weighted by Crippen LogP contribution is 2.23. The highest BCUT2D eigenvalue weighted by Gasteiger charge is 2.18. The van der Waals surface area contributed by atoms with Gasteiger partial charge in [0.2, 0.25) is 5.91 Å². The van der Waals surface area contributed by atoms with Crippen LogP contribution in [0.5, 0.6) is 0 Å². The highest BCUT2D eigenvalue weighted by molar-refractivity contribution is 14.1. The molecule has 1 fully saturated rings. The number of piperazine rings is 1. The van der Waals surface area contributed by atoms with Crippen LogP contribution in [0.25, 0.3) is 0 Å². The third-order valence-electron chi connectivity index (χ3n) is 3.22. The first-order chi connectivity index (χ1) is 9.06. The number of halogens is 2. The number of carbonyl (C=O) groups excluding carboxylic acids is 1. The van der Waals surface area contributed by atoms with Crippen LogP contribution in [0.1, 0.15) is 0 Å². The van der Waals surface area contributed by atoms with Gasteiger partial charge in [0.05, 0.1) is 17.3 Å². The molecule has 1 heterocycles. The predicted molar refractivity (Wildman–Crippen MR) is 86.7 cm³/mol. The number of anilines is 1. The molecule has 0 aromatic heterocycles. The molecule has 6 heteroatoms. The van der Waals surface area contributed by atoms with Crippen LogP contribution in [0.2, 0.25) is 5.02 Å². The van der Waals surface area contributed by atoms with Gasteiger partial charge in [-0.15, -0.1) is 0 Å². The fourth-order valence-corrected chi connectivity index (χ4v) is 2.89. The SMILES string of the molecule is CN1CCN(C(=O)CNc2ccc(I)cc2Cl)CC1. The monoisotopic (exact) mass is 393 g/mol. The standard InChI is InChI=1S/C13H17ClIN3O/c1-17-4-6-18(7-5-17)13(19)9-16-12-3-2-10(15)8-11(12)14/h2-3,8,16H,4-7,9H2,1H3. The van der Waals surface area contributed by atoms with E-state index < -0.39 is 0 Å². The third-order valence-corrected chi connectivity index (χ3v) is 4.20. The van der Waals surface area contributed by atoms with E-state index in [1.165, 1.54) is 0 Å². The summed E-state index contributed by atoms with van der Waals surface area (Å²) < 4.78 is 1.08. The Hall–Kier alpha value is -0.530. The molecular formula is C13H17ClIN3O. The summed E-state index contributed by atoms with van der Waals surface area (Å²) in [6.45, 7) is 3.78. The van der Waals surface area contributed by atoms with Gasteiger partial charge in [0.15, 0.2) is 0 Å². The van der Waals surface area contributed by atoms with Crippen LogP contribution in [0.15, 0.2) is 18.2 Å². The Labute approximate surface area is 132 Å². The molecule has 0 bridgehead atoms. The topological polar surface area (TPSA) is 35.6 Å². The highest BCUT2D eigenvalue weighted by atomic mass is 127. The van der Waals surface area contributed by atoms with Gasteiger partial charge in [0.25, 0.3) is 0 Å². The molecule has 104 valence electrons. The summed E-state index contributed by atoms with van der Waals surface area (Å²) in [5.74, 6) is 0.128. The molecule has 1 N–H and O–H groups in total. The Morgan fingerprint density at radius 2 is 2.05 bits per heavy atom. The first-order valence-electron chi connectivity index (χ1n) is 6.21. The summed E-state index contributed by atoms with van der Waals surface area (Å²) in [5.41, 5.74) is 0.810. The minimum absolute atomic E-state index is 0.128. The largest absolute Gasteiger partial charge is 0.375 e. The quantitative estimate of drug-likeness (QED) is 0.799. The van der Waals surface area contributed by atoms with Crippen molar-refractivity contribution in [3.8, 4) is 0 Å². The first-order valence-corrected chi connectivity index (χ1v) is 7.67. The number of likely N-dealkylation sites (N-methyl/N-ethyl adjacent to an activating group) is 1. The van der Waals surface area contributed by atoms with Crippen LogP contribution >= 0.6 is 34.2 Å². The molecule has 0 unspecified atom stereocenters.